The highest BCUT2D eigenvalue weighted by Gasteiger charge is 2.18. The number of hydrogen-bond acceptors (Lipinski definition) is 3. The predicted molar refractivity (Wildman–Crippen MR) is 113 cm³/mol. The average Bonchev–Trinajstić information content (AvgIpc) is 3.00. The van der Waals surface area contributed by atoms with Crippen LogP contribution in [0.3, 0.4) is 0 Å². The zero-order chi connectivity index (χ0) is 20.8. The molecule has 2 amide bonds. The minimum atomic E-state index is -0.358. The Labute approximate surface area is 170 Å². The van der Waals surface area contributed by atoms with E-state index in [1.165, 1.54) is 6.92 Å². The Balaban J connectivity index is 1.69. The molecule has 3 aromatic rings. The Morgan fingerprint density at radius 2 is 1.62 bits per heavy atom. The van der Waals surface area contributed by atoms with E-state index >= 15 is 0 Å². The van der Waals surface area contributed by atoms with Crippen LogP contribution in [0.25, 0.3) is 5.69 Å². The smallest absolute Gasteiger partial charge is 0.222 e. The fourth-order valence-corrected chi connectivity index (χ4v) is 3.38. The van der Waals surface area contributed by atoms with Crippen LogP contribution in [0.2, 0.25) is 0 Å². The van der Waals surface area contributed by atoms with Crippen molar-refractivity contribution in [2.45, 2.75) is 39.8 Å². The van der Waals surface area contributed by atoms with Crippen molar-refractivity contribution < 1.29 is 9.59 Å². The first kappa shape index (κ1) is 20.3. The summed E-state index contributed by atoms with van der Waals surface area (Å²) in [4.78, 5) is 24.2. The molecule has 1 heterocycles. The van der Waals surface area contributed by atoms with Crippen LogP contribution in [0.5, 0.6) is 0 Å². The molecule has 6 nitrogen and oxygen atoms in total. The van der Waals surface area contributed by atoms with Crippen LogP contribution in [-0.2, 0) is 16.1 Å². The molecule has 0 bridgehead atoms. The molecule has 1 unspecified atom stereocenters. The van der Waals surface area contributed by atoms with Gasteiger partial charge in [-0.3, -0.25) is 9.59 Å². The van der Waals surface area contributed by atoms with Crippen molar-refractivity contribution >= 4 is 11.8 Å². The molecule has 0 aliphatic heterocycles. The van der Waals surface area contributed by atoms with E-state index in [1.54, 1.807) is 0 Å². The van der Waals surface area contributed by atoms with E-state index in [1.807, 2.05) is 79.2 Å². The van der Waals surface area contributed by atoms with Gasteiger partial charge in [0, 0.05) is 24.7 Å². The fraction of sp³-hybridized carbons (Fsp3) is 0.261. The number of rotatable bonds is 7. The normalized spacial score (nSPS) is 11.7. The van der Waals surface area contributed by atoms with E-state index < -0.39 is 0 Å². The third kappa shape index (κ3) is 5.10. The number of aryl methyl sites for hydroxylation is 1. The van der Waals surface area contributed by atoms with Crippen LogP contribution < -0.4 is 10.6 Å². The SMILES string of the molecule is CC(=O)NC(CC(=O)NCc1c(C)nn(-c2ccccc2)c1C)c1ccccc1. The Bertz CT molecular complexity index is 981. The molecule has 0 aliphatic rings. The highest BCUT2D eigenvalue weighted by atomic mass is 16.2. The molecule has 1 aromatic heterocycles. The number of aromatic nitrogens is 2. The Hall–Kier alpha value is -3.41. The Kier molecular flexibility index (Phi) is 6.44. The lowest BCUT2D eigenvalue weighted by atomic mass is 10.0. The highest BCUT2D eigenvalue weighted by molar-refractivity contribution is 5.79. The minimum Gasteiger partial charge on any atom is -0.352 e. The van der Waals surface area contributed by atoms with E-state index in [0.29, 0.717) is 6.54 Å². The van der Waals surface area contributed by atoms with Gasteiger partial charge in [-0.25, -0.2) is 4.68 Å². The standard InChI is InChI=1S/C23H26N4O2/c1-16-21(17(2)27(26-16)20-12-8-5-9-13-20)15-24-23(29)14-22(25-18(3)28)19-10-6-4-7-11-19/h4-13,22H,14-15H2,1-3H3,(H,24,29)(H,25,28). The fourth-order valence-electron chi connectivity index (χ4n) is 3.38. The van der Waals surface area contributed by atoms with Crippen molar-refractivity contribution in [3.63, 3.8) is 0 Å². The van der Waals surface area contributed by atoms with Crippen LogP contribution >= 0.6 is 0 Å². The van der Waals surface area contributed by atoms with Crippen molar-refractivity contribution in [1.82, 2.24) is 20.4 Å². The van der Waals surface area contributed by atoms with Gasteiger partial charge in [-0.05, 0) is 31.5 Å². The summed E-state index contributed by atoms with van der Waals surface area (Å²) in [5.41, 5.74) is 4.77. The van der Waals surface area contributed by atoms with Gasteiger partial charge in [-0.2, -0.15) is 5.10 Å². The molecule has 0 radical (unpaired) electrons. The second-order valence-corrected chi connectivity index (χ2v) is 7.04. The maximum absolute atomic E-state index is 12.6. The zero-order valence-corrected chi connectivity index (χ0v) is 17.0. The summed E-state index contributed by atoms with van der Waals surface area (Å²) in [7, 11) is 0. The number of nitrogens with zero attached hydrogens (tertiary/aromatic N) is 2. The second kappa shape index (κ2) is 9.19. The first-order chi connectivity index (χ1) is 14.0. The van der Waals surface area contributed by atoms with E-state index in [2.05, 4.69) is 15.7 Å². The number of benzene rings is 2. The number of amides is 2. The minimum absolute atomic E-state index is 0.126. The van der Waals surface area contributed by atoms with Gasteiger partial charge >= 0.3 is 0 Å². The number of carbonyl (C=O) groups is 2. The summed E-state index contributed by atoms with van der Waals surface area (Å²) in [5, 5.41) is 10.4. The molecule has 2 aromatic carbocycles. The van der Waals surface area contributed by atoms with E-state index in [0.717, 1.165) is 28.2 Å². The van der Waals surface area contributed by atoms with E-state index in [4.69, 9.17) is 0 Å². The van der Waals surface area contributed by atoms with Crippen LogP contribution in [-0.4, -0.2) is 21.6 Å². The van der Waals surface area contributed by atoms with Crippen molar-refractivity contribution in [2.24, 2.45) is 0 Å². The third-order valence-corrected chi connectivity index (χ3v) is 4.87. The van der Waals surface area contributed by atoms with E-state index in [-0.39, 0.29) is 24.3 Å². The number of nitrogens with one attached hydrogen (secondary N) is 2. The molecule has 2 N–H and O–H groups in total. The number of para-hydroxylation sites is 1. The van der Waals surface area contributed by atoms with Crippen molar-refractivity contribution in [3.05, 3.63) is 83.2 Å². The van der Waals surface area contributed by atoms with Gasteiger partial charge < -0.3 is 10.6 Å². The van der Waals surface area contributed by atoms with Crippen molar-refractivity contribution in [2.75, 3.05) is 0 Å². The highest BCUT2D eigenvalue weighted by Crippen LogP contribution is 2.19. The molecular weight excluding hydrogens is 364 g/mol. The quantitative estimate of drug-likeness (QED) is 0.649. The monoisotopic (exact) mass is 390 g/mol. The lowest BCUT2D eigenvalue weighted by Crippen LogP contribution is -2.32. The molecule has 0 saturated heterocycles. The van der Waals surface area contributed by atoms with Crippen LogP contribution in [0.1, 0.15) is 41.9 Å². The van der Waals surface area contributed by atoms with Crippen LogP contribution in [0.15, 0.2) is 60.7 Å². The number of carbonyl (C=O) groups excluding carboxylic acids is 2. The van der Waals surface area contributed by atoms with E-state index in [9.17, 15) is 9.59 Å². The lowest BCUT2D eigenvalue weighted by molar-refractivity contribution is -0.122. The van der Waals surface area contributed by atoms with Crippen LogP contribution in [0, 0.1) is 13.8 Å². The zero-order valence-electron chi connectivity index (χ0n) is 17.0. The lowest BCUT2D eigenvalue weighted by Gasteiger charge is -2.18. The first-order valence-electron chi connectivity index (χ1n) is 9.65. The largest absolute Gasteiger partial charge is 0.352 e. The van der Waals surface area contributed by atoms with Gasteiger partial charge in [0.15, 0.2) is 0 Å². The predicted octanol–water partition coefficient (Wildman–Crippen LogP) is 3.37. The Morgan fingerprint density at radius 3 is 2.24 bits per heavy atom. The molecular formula is C23H26N4O2. The summed E-state index contributed by atoms with van der Waals surface area (Å²) in [6, 6.07) is 19.1. The van der Waals surface area contributed by atoms with Gasteiger partial charge in [0.2, 0.25) is 11.8 Å². The molecule has 6 heteroatoms. The first-order valence-corrected chi connectivity index (χ1v) is 9.65. The summed E-state index contributed by atoms with van der Waals surface area (Å²) in [6.07, 6.45) is 0.175. The van der Waals surface area contributed by atoms with Gasteiger partial charge in [0.25, 0.3) is 0 Å². The topological polar surface area (TPSA) is 76.0 Å². The Morgan fingerprint density at radius 1 is 1.00 bits per heavy atom. The average molecular weight is 390 g/mol. The molecule has 0 saturated carbocycles. The van der Waals surface area contributed by atoms with Gasteiger partial charge in [0.05, 0.1) is 23.8 Å². The third-order valence-electron chi connectivity index (χ3n) is 4.87. The summed E-state index contributed by atoms with van der Waals surface area (Å²) in [5.74, 6) is -0.290. The van der Waals surface area contributed by atoms with Crippen molar-refractivity contribution in [1.29, 1.82) is 0 Å². The van der Waals surface area contributed by atoms with Gasteiger partial charge in [-0.15, -0.1) is 0 Å². The second-order valence-electron chi connectivity index (χ2n) is 7.04. The molecule has 0 spiro atoms. The summed E-state index contributed by atoms with van der Waals surface area (Å²) < 4.78 is 1.89. The number of hydrogen-bond donors (Lipinski definition) is 2. The molecule has 1 atom stereocenters. The van der Waals surface area contributed by atoms with Gasteiger partial charge in [0.1, 0.15) is 0 Å². The molecule has 0 fully saturated rings. The molecule has 0 aliphatic carbocycles. The maximum atomic E-state index is 12.6. The van der Waals surface area contributed by atoms with Crippen molar-refractivity contribution in [3.8, 4) is 5.69 Å². The van der Waals surface area contributed by atoms with Gasteiger partial charge in [-0.1, -0.05) is 48.5 Å². The molecule has 3 rings (SSSR count). The van der Waals surface area contributed by atoms with Crippen LogP contribution in [0.4, 0.5) is 0 Å². The summed E-state index contributed by atoms with van der Waals surface area (Å²) in [6.45, 7) is 5.79. The molecule has 29 heavy (non-hydrogen) atoms. The maximum Gasteiger partial charge on any atom is 0.222 e. The molecule has 150 valence electrons. The summed E-state index contributed by atoms with van der Waals surface area (Å²) >= 11 is 0.